The van der Waals surface area contributed by atoms with Gasteiger partial charge < -0.3 is 14.1 Å². The number of imidazole rings is 1. The average molecular weight is 313 g/mol. The van der Waals surface area contributed by atoms with Crippen LogP contribution in [0.5, 0.6) is 0 Å². The van der Waals surface area contributed by atoms with Gasteiger partial charge in [0.25, 0.3) is 10.0 Å². The van der Waals surface area contributed by atoms with E-state index in [1.807, 2.05) is 0 Å². The van der Waals surface area contributed by atoms with Gasteiger partial charge in [-0.3, -0.25) is 0 Å². The minimum absolute atomic E-state index is 0.0326. The summed E-state index contributed by atoms with van der Waals surface area (Å²) in [5.74, 6) is 1.36. The summed E-state index contributed by atoms with van der Waals surface area (Å²) in [6.45, 7) is 3.68. The second-order valence-corrected chi connectivity index (χ2v) is 6.66. The highest BCUT2D eigenvalue weighted by molar-refractivity contribution is 7.89. The first-order valence-electron chi connectivity index (χ1n) is 6.52. The van der Waals surface area contributed by atoms with Crippen LogP contribution in [0.25, 0.3) is 0 Å². The average Bonchev–Trinajstić information content (AvgIpc) is 2.95. The number of hydrogen-bond donors (Lipinski definition) is 2. The van der Waals surface area contributed by atoms with Crippen LogP contribution in [-0.4, -0.2) is 29.6 Å². The van der Waals surface area contributed by atoms with Crippen molar-refractivity contribution in [3.05, 3.63) is 35.7 Å². The van der Waals surface area contributed by atoms with E-state index in [9.17, 15) is 13.5 Å². The number of aliphatic hydroxyl groups is 1. The van der Waals surface area contributed by atoms with E-state index in [4.69, 9.17) is 4.42 Å². The third-order valence-electron chi connectivity index (χ3n) is 3.10. The van der Waals surface area contributed by atoms with E-state index in [0.717, 1.165) is 5.76 Å². The van der Waals surface area contributed by atoms with E-state index in [0.29, 0.717) is 11.3 Å². The lowest BCUT2D eigenvalue weighted by Crippen LogP contribution is -2.26. The Labute approximate surface area is 123 Å². The molecule has 116 valence electrons. The summed E-state index contributed by atoms with van der Waals surface area (Å²) in [5, 5.41) is 10.0. The van der Waals surface area contributed by atoms with Crippen molar-refractivity contribution in [2.45, 2.75) is 31.4 Å². The molecule has 0 radical (unpaired) electrons. The van der Waals surface area contributed by atoms with Gasteiger partial charge in [-0.2, -0.15) is 0 Å². The lowest BCUT2D eigenvalue weighted by Gasteiger charge is -2.10. The molecule has 0 saturated carbocycles. The van der Waals surface area contributed by atoms with Crippen LogP contribution in [0.3, 0.4) is 0 Å². The minimum Gasteiger partial charge on any atom is -0.466 e. The van der Waals surface area contributed by atoms with Gasteiger partial charge in [-0.05, 0) is 26.3 Å². The van der Waals surface area contributed by atoms with Gasteiger partial charge in [-0.25, -0.2) is 18.1 Å². The molecule has 7 nitrogen and oxygen atoms in total. The van der Waals surface area contributed by atoms with Crippen LogP contribution < -0.4 is 4.72 Å². The molecule has 0 aliphatic carbocycles. The molecular weight excluding hydrogens is 294 g/mol. The van der Waals surface area contributed by atoms with Crippen molar-refractivity contribution in [3.63, 3.8) is 0 Å². The van der Waals surface area contributed by atoms with Crippen molar-refractivity contribution in [2.75, 3.05) is 6.54 Å². The van der Waals surface area contributed by atoms with E-state index >= 15 is 0 Å². The molecule has 2 N–H and O–H groups in total. The second-order valence-electron chi connectivity index (χ2n) is 4.95. The molecule has 2 aromatic heterocycles. The van der Waals surface area contributed by atoms with E-state index in [-0.39, 0.29) is 18.0 Å². The van der Waals surface area contributed by atoms with E-state index in [1.54, 1.807) is 31.5 Å². The summed E-state index contributed by atoms with van der Waals surface area (Å²) in [7, 11) is -1.94. The summed E-state index contributed by atoms with van der Waals surface area (Å²) in [4.78, 5) is 3.80. The molecule has 8 heteroatoms. The van der Waals surface area contributed by atoms with Gasteiger partial charge in [0.1, 0.15) is 11.5 Å². The maximum atomic E-state index is 11.9. The predicted octanol–water partition coefficient (Wildman–Crippen LogP) is 1.03. The predicted molar refractivity (Wildman–Crippen MR) is 76.2 cm³/mol. The lowest BCUT2D eigenvalue weighted by atomic mass is 10.1. The molecule has 0 saturated heterocycles. The first kappa shape index (κ1) is 15.7. The zero-order valence-electron chi connectivity index (χ0n) is 12.2. The molecule has 0 unspecified atom stereocenters. The summed E-state index contributed by atoms with van der Waals surface area (Å²) in [5.41, 5.74) is 0.685. The third kappa shape index (κ3) is 3.72. The van der Waals surface area contributed by atoms with Crippen molar-refractivity contribution in [1.82, 2.24) is 14.3 Å². The number of aromatic nitrogens is 2. The fourth-order valence-corrected chi connectivity index (χ4v) is 3.09. The van der Waals surface area contributed by atoms with Gasteiger partial charge in [0.05, 0.1) is 12.4 Å². The fourth-order valence-electron chi connectivity index (χ4n) is 2.07. The molecule has 2 aromatic rings. The summed E-state index contributed by atoms with van der Waals surface area (Å²) >= 11 is 0. The van der Waals surface area contributed by atoms with Crippen LogP contribution in [0, 0.1) is 13.8 Å². The Kier molecular flexibility index (Phi) is 4.50. The number of sulfonamides is 1. The Hall–Kier alpha value is -1.64. The third-order valence-corrected chi connectivity index (χ3v) is 4.45. The number of nitrogens with one attached hydrogen (secondary N) is 1. The molecule has 0 aliphatic heterocycles. The zero-order valence-corrected chi connectivity index (χ0v) is 13.0. The largest absolute Gasteiger partial charge is 0.466 e. The summed E-state index contributed by atoms with van der Waals surface area (Å²) in [6, 6.07) is 1.76. The normalized spacial score (nSPS) is 13.5. The molecule has 2 heterocycles. The number of nitrogens with zero attached hydrogens (tertiary/aromatic N) is 2. The van der Waals surface area contributed by atoms with Crippen molar-refractivity contribution >= 4 is 10.0 Å². The van der Waals surface area contributed by atoms with Crippen LogP contribution in [0.1, 0.15) is 29.6 Å². The van der Waals surface area contributed by atoms with Crippen molar-refractivity contribution < 1.29 is 17.9 Å². The molecule has 21 heavy (non-hydrogen) atoms. The molecule has 0 aromatic carbocycles. The first-order chi connectivity index (χ1) is 9.79. The van der Waals surface area contributed by atoms with Gasteiger partial charge in [-0.15, -0.1) is 0 Å². The molecule has 2 rings (SSSR count). The van der Waals surface area contributed by atoms with E-state index in [2.05, 4.69) is 9.71 Å². The van der Waals surface area contributed by atoms with Gasteiger partial charge in [0.15, 0.2) is 5.03 Å². The van der Waals surface area contributed by atoms with Crippen LogP contribution in [0.4, 0.5) is 0 Å². The van der Waals surface area contributed by atoms with Crippen molar-refractivity contribution in [3.8, 4) is 0 Å². The Morgan fingerprint density at radius 3 is 2.71 bits per heavy atom. The van der Waals surface area contributed by atoms with Crippen LogP contribution in [0.2, 0.25) is 0 Å². The highest BCUT2D eigenvalue weighted by Gasteiger charge is 2.19. The van der Waals surface area contributed by atoms with Crippen LogP contribution in [0.15, 0.2) is 28.0 Å². The monoisotopic (exact) mass is 313 g/mol. The Morgan fingerprint density at radius 1 is 1.48 bits per heavy atom. The molecule has 0 fully saturated rings. The Morgan fingerprint density at radius 2 is 2.19 bits per heavy atom. The molecule has 1 atom stereocenters. The number of furan rings is 1. The molecule has 0 aliphatic rings. The van der Waals surface area contributed by atoms with Gasteiger partial charge in [-0.1, -0.05) is 0 Å². The van der Waals surface area contributed by atoms with E-state index in [1.165, 1.54) is 12.5 Å². The van der Waals surface area contributed by atoms with Gasteiger partial charge >= 0.3 is 0 Å². The molecule has 0 spiro atoms. The van der Waals surface area contributed by atoms with Gasteiger partial charge in [0.2, 0.25) is 0 Å². The second kappa shape index (κ2) is 6.00. The summed E-state index contributed by atoms with van der Waals surface area (Å²) < 4.78 is 33.2. The van der Waals surface area contributed by atoms with Gasteiger partial charge in [0, 0.05) is 25.4 Å². The molecule has 0 amide bonds. The van der Waals surface area contributed by atoms with Crippen molar-refractivity contribution in [1.29, 1.82) is 0 Å². The standard InChI is InChI=1S/C13H19N3O4S/c1-9-6-11(10(2)20-9)12(17)4-5-15-21(18,19)13-7-16(3)8-14-13/h6-8,12,15,17H,4-5H2,1-3H3/t12-/m1/s1. The molecule has 0 bridgehead atoms. The smallest absolute Gasteiger partial charge is 0.259 e. The fraction of sp³-hybridized carbons (Fsp3) is 0.462. The first-order valence-corrected chi connectivity index (χ1v) is 8.00. The topological polar surface area (TPSA) is 97.4 Å². The van der Waals surface area contributed by atoms with Crippen molar-refractivity contribution in [2.24, 2.45) is 7.05 Å². The van der Waals surface area contributed by atoms with Crippen LogP contribution in [-0.2, 0) is 17.1 Å². The minimum atomic E-state index is -3.64. The number of aliphatic hydroxyl groups excluding tert-OH is 1. The SMILES string of the molecule is Cc1cc([C@H](O)CCNS(=O)(=O)c2cn(C)cn2)c(C)o1. The lowest BCUT2D eigenvalue weighted by molar-refractivity contribution is 0.167. The summed E-state index contributed by atoms with van der Waals surface area (Å²) in [6.07, 6.45) is 2.32. The highest BCUT2D eigenvalue weighted by atomic mass is 32.2. The number of rotatable bonds is 6. The quantitative estimate of drug-likeness (QED) is 0.830. The number of hydrogen-bond acceptors (Lipinski definition) is 5. The maximum Gasteiger partial charge on any atom is 0.259 e. The zero-order chi connectivity index (χ0) is 15.6. The van der Waals surface area contributed by atoms with E-state index < -0.39 is 16.1 Å². The Bertz CT molecular complexity index is 718. The highest BCUT2D eigenvalue weighted by Crippen LogP contribution is 2.23. The van der Waals surface area contributed by atoms with Crippen LogP contribution >= 0.6 is 0 Å². The number of aryl methyl sites for hydroxylation is 3. The Balaban J connectivity index is 1.93. The maximum absolute atomic E-state index is 11.9. The molecular formula is C13H19N3O4S.